The Bertz CT molecular complexity index is 494. The number of hydrogen-bond acceptors (Lipinski definition) is 2. The lowest BCUT2D eigenvalue weighted by Crippen LogP contribution is -2.31. The summed E-state index contributed by atoms with van der Waals surface area (Å²) in [5.74, 6) is 0.759. The Balaban J connectivity index is 1.99. The lowest BCUT2D eigenvalue weighted by Gasteiger charge is -2.26. The second-order valence-electron chi connectivity index (χ2n) is 6.10. The molecule has 2 aliphatic rings. The predicted octanol–water partition coefficient (Wildman–Crippen LogP) is 3.34. The van der Waals surface area contributed by atoms with Crippen LogP contribution in [-0.4, -0.2) is 12.3 Å². The van der Waals surface area contributed by atoms with Gasteiger partial charge in [0.15, 0.2) is 0 Å². The molecule has 0 bridgehead atoms. The highest BCUT2D eigenvalue weighted by Crippen LogP contribution is 2.46. The maximum absolute atomic E-state index is 12.5. The van der Waals surface area contributed by atoms with E-state index in [0.717, 1.165) is 32.2 Å². The number of fused-ring (bicyclic) bond motifs is 1. The second-order valence-corrected chi connectivity index (χ2v) is 6.10. The predicted molar refractivity (Wildman–Crippen MR) is 73.8 cm³/mol. The molecule has 1 heterocycles. The normalized spacial score (nSPS) is 31.0. The Labute approximate surface area is 109 Å². The molecule has 2 heteroatoms. The van der Waals surface area contributed by atoms with Crippen LogP contribution >= 0.6 is 0 Å². The van der Waals surface area contributed by atoms with E-state index in [2.05, 4.69) is 37.4 Å². The highest BCUT2D eigenvalue weighted by Gasteiger charge is 2.46. The largest absolute Gasteiger partial charge is 0.385 e. The monoisotopic (exact) mass is 243 g/mol. The van der Waals surface area contributed by atoms with Crippen LogP contribution < -0.4 is 5.32 Å². The Morgan fingerprint density at radius 3 is 2.89 bits per heavy atom. The quantitative estimate of drug-likeness (QED) is 0.757. The molecule has 3 rings (SSSR count). The second kappa shape index (κ2) is 4.11. The summed E-state index contributed by atoms with van der Waals surface area (Å²) in [5, 5.41) is 3.49. The highest BCUT2D eigenvalue weighted by atomic mass is 16.1. The van der Waals surface area contributed by atoms with Gasteiger partial charge in [-0.3, -0.25) is 4.79 Å². The highest BCUT2D eigenvalue weighted by molar-refractivity contribution is 5.89. The molecule has 1 aromatic rings. The summed E-state index contributed by atoms with van der Waals surface area (Å²) in [6.07, 6.45) is 4.06. The van der Waals surface area contributed by atoms with Gasteiger partial charge < -0.3 is 5.32 Å². The summed E-state index contributed by atoms with van der Waals surface area (Å²) < 4.78 is 0. The van der Waals surface area contributed by atoms with Crippen molar-refractivity contribution in [2.45, 2.75) is 39.5 Å². The summed E-state index contributed by atoms with van der Waals surface area (Å²) in [6.45, 7) is 5.14. The van der Waals surface area contributed by atoms with E-state index in [-0.39, 0.29) is 11.3 Å². The number of ketones is 1. The van der Waals surface area contributed by atoms with Crippen LogP contribution in [0.3, 0.4) is 0 Å². The van der Waals surface area contributed by atoms with Crippen LogP contribution in [0.2, 0.25) is 0 Å². The molecular weight excluding hydrogens is 222 g/mol. The van der Waals surface area contributed by atoms with Gasteiger partial charge in [-0.05, 0) is 44.2 Å². The van der Waals surface area contributed by atoms with E-state index in [9.17, 15) is 4.79 Å². The van der Waals surface area contributed by atoms with Gasteiger partial charge in [0.2, 0.25) is 0 Å². The van der Waals surface area contributed by atoms with Gasteiger partial charge in [0, 0.05) is 23.6 Å². The first-order chi connectivity index (χ1) is 8.61. The van der Waals surface area contributed by atoms with Crippen molar-refractivity contribution in [3.05, 3.63) is 29.3 Å². The topological polar surface area (TPSA) is 29.1 Å². The van der Waals surface area contributed by atoms with E-state index in [1.165, 1.54) is 16.8 Å². The average molecular weight is 243 g/mol. The Morgan fingerprint density at radius 1 is 1.33 bits per heavy atom. The standard InChI is InChI=1S/C16H21NO/c1-11-3-4-14-13(9-11)10-16(7-8-17-14)6-5-12(2)15(16)18/h3-4,9,12,17H,5-8,10H2,1-2H3. The molecule has 18 heavy (non-hydrogen) atoms. The van der Waals surface area contributed by atoms with Crippen molar-refractivity contribution in [3.63, 3.8) is 0 Å². The minimum atomic E-state index is -0.0779. The van der Waals surface area contributed by atoms with E-state index < -0.39 is 0 Å². The first-order valence-electron chi connectivity index (χ1n) is 6.98. The van der Waals surface area contributed by atoms with Crippen molar-refractivity contribution in [1.82, 2.24) is 0 Å². The number of hydrogen-bond donors (Lipinski definition) is 1. The molecular formula is C16H21NO. The van der Waals surface area contributed by atoms with Crippen LogP contribution in [0.25, 0.3) is 0 Å². The van der Waals surface area contributed by atoms with Crippen molar-refractivity contribution < 1.29 is 4.79 Å². The Kier molecular flexibility index (Phi) is 2.69. The zero-order valence-electron chi connectivity index (χ0n) is 11.3. The van der Waals surface area contributed by atoms with Gasteiger partial charge in [-0.1, -0.05) is 24.6 Å². The van der Waals surface area contributed by atoms with Gasteiger partial charge in [-0.25, -0.2) is 0 Å². The first kappa shape index (κ1) is 11.8. The molecule has 0 radical (unpaired) electrons. The van der Waals surface area contributed by atoms with Crippen molar-refractivity contribution in [2.75, 3.05) is 11.9 Å². The number of anilines is 1. The molecule has 0 amide bonds. The third-order valence-electron chi connectivity index (χ3n) is 4.73. The lowest BCUT2D eigenvalue weighted by atomic mass is 9.76. The molecule has 2 nitrogen and oxygen atoms in total. The van der Waals surface area contributed by atoms with Crippen LogP contribution in [0.4, 0.5) is 5.69 Å². The van der Waals surface area contributed by atoms with Crippen LogP contribution in [0.5, 0.6) is 0 Å². The average Bonchev–Trinajstić information content (AvgIpc) is 2.53. The number of aryl methyl sites for hydroxylation is 1. The van der Waals surface area contributed by atoms with Crippen molar-refractivity contribution in [1.29, 1.82) is 0 Å². The molecule has 96 valence electrons. The minimum absolute atomic E-state index is 0.0779. The molecule has 1 aliphatic carbocycles. The van der Waals surface area contributed by atoms with Gasteiger partial charge in [-0.2, -0.15) is 0 Å². The fourth-order valence-corrected chi connectivity index (χ4v) is 3.62. The molecule has 1 aromatic carbocycles. The summed E-state index contributed by atoms with van der Waals surface area (Å²) in [6, 6.07) is 6.54. The molecule has 1 aliphatic heterocycles. The van der Waals surface area contributed by atoms with Crippen LogP contribution in [0.15, 0.2) is 18.2 Å². The van der Waals surface area contributed by atoms with Crippen LogP contribution in [0, 0.1) is 18.3 Å². The molecule has 2 unspecified atom stereocenters. The van der Waals surface area contributed by atoms with Gasteiger partial charge in [0.05, 0.1) is 0 Å². The minimum Gasteiger partial charge on any atom is -0.385 e. The molecule has 1 N–H and O–H groups in total. The molecule has 1 fully saturated rings. The van der Waals surface area contributed by atoms with Gasteiger partial charge >= 0.3 is 0 Å². The molecule has 1 spiro atoms. The maximum atomic E-state index is 12.5. The van der Waals surface area contributed by atoms with Crippen molar-refractivity contribution >= 4 is 11.5 Å². The van der Waals surface area contributed by atoms with Crippen molar-refractivity contribution in [2.24, 2.45) is 11.3 Å². The zero-order valence-corrected chi connectivity index (χ0v) is 11.3. The number of nitrogens with one attached hydrogen (secondary N) is 1. The zero-order chi connectivity index (χ0) is 12.8. The third kappa shape index (κ3) is 1.75. The van der Waals surface area contributed by atoms with E-state index in [1.54, 1.807) is 0 Å². The summed E-state index contributed by atoms with van der Waals surface area (Å²) >= 11 is 0. The smallest absolute Gasteiger partial charge is 0.142 e. The van der Waals surface area contributed by atoms with Gasteiger partial charge in [0.1, 0.15) is 5.78 Å². The maximum Gasteiger partial charge on any atom is 0.142 e. The van der Waals surface area contributed by atoms with E-state index in [4.69, 9.17) is 0 Å². The summed E-state index contributed by atoms with van der Waals surface area (Å²) in [5.41, 5.74) is 3.76. The molecule has 0 saturated heterocycles. The Morgan fingerprint density at radius 2 is 2.17 bits per heavy atom. The third-order valence-corrected chi connectivity index (χ3v) is 4.73. The molecule has 1 saturated carbocycles. The summed E-state index contributed by atoms with van der Waals surface area (Å²) in [7, 11) is 0. The fourth-order valence-electron chi connectivity index (χ4n) is 3.62. The van der Waals surface area contributed by atoms with Crippen LogP contribution in [-0.2, 0) is 11.2 Å². The first-order valence-corrected chi connectivity index (χ1v) is 6.98. The van der Waals surface area contributed by atoms with E-state index in [0.29, 0.717) is 5.78 Å². The fraction of sp³-hybridized carbons (Fsp3) is 0.562. The number of benzene rings is 1. The van der Waals surface area contributed by atoms with Crippen molar-refractivity contribution in [3.8, 4) is 0 Å². The van der Waals surface area contributed by atoms with Crippen LogP contribution in [0.1, 0.15) is 37.3 Å². The van der Waals surface area contributed by atoms with E-state index in [1.807, 2.05) is 0 Å². The van der Waals surface area contributed by atoms with Gasteiger partial charge in [0.25, 0.3) is 0 Å². The summed E-state index contributed by atoms with van der Waals surface area (Å²) in [4.78, 5) is 12.5. The van der Waals surface area contributed by atoms with E-state index >= 15 is 0 Å². The molecule has 2 atom stereocenters. The number of rotatable bonds is 0. The number of carbonyl (C=O) groups excluding carboxylic acids is 1. The number of carbonyl (C=O) groups is 1. The number of Topliss-reactive ketones (excluding diaryl/α,β-unsaturated/α-hetero) is 1. The Hall–Kier alpha value is -1.31. The SMILES string of the molecule is Cc1ccc2c(c1)CC1(CCN2)CCC(C)C1=O. The molecule has 0 aromatic heterocycles. The lowest BCUT2D eigenvalue weighted by molar-refractivity contribution is -0.128. The van der Waals surface area contributed by atoms with Gasteiger partial charge in [-0.15, -0.1) is 0 Å².